The molecule has 0 amide bonds. The zero-order valence-corrected chi connectivity index (χ0v) is 15.8. The molecular weight excluding hydrogens is 370 g/mol. The van der Waals surface area contributed by atoms with Crippen molar-refractivity contribution in [2.75, 3.05) is 5.32 Å². The number of ether oxygens (including phenoxy) is 1. The topological polar surface area (TPSA) is 103 Å². The third-order valence-corrected chi connectivity index (χ3v) is 4.33. The van der Waals surface area contributed by atoms with Crippen LogP contribution in [-0.2, 0) is 0 Å². The van der Waals surface area contributed by atoms with Gasteiger partial charge in [-0.05, 0) is 50.2 Å². The molecule has 0 saturated carbocycles. The number of hydrogen-bond donors (Lipinski definition) is 1. The molecule has 2 aromatic carbocycles. The lowest BCUT2D eigenvalue weighted by Gasteiger charge is -2.11. The Balaban J connectivity index is 1.75. The fourth-order valence-corrected chi connectivity index (χ4v) is 2.90. The van der Waals surface area contributed by atoms with E-state index in [0.717, 1.165) is 22.2 Å². The fourth-order valence-electron chi connectivity index (χ4n) is 2.90. The van der Waals surface area contributed by atoms with Crippen LogP contribution in [0.2, 0.25) is 0 Å². The van der Waals surface area contributed by atoms with Gasteiger partial charge in [0, 0.05) is 16.8 Å². The van der Waals surface area contributed by atoms with Gasteiger partial charge in [-0.3, -0.25) is 15.1 Å². The molecule has 8 heteroatoms. The number of pyridine rings is 1. The Hall–Kier alpha value is -4.07. The van der Waals surface area contributed by atoms with E-state index < -0.39 is 4.92 Å². The Kier molecular flexibility index (Phi) is 4.74. The molecule has 0 fully saturated rings. The largest absolute Gasteiger partial charge is 0.434 e. The summed E-state index contributed by atoms with van der Waals surface area (Å²) in [6, 6.07) is 16.5. The zero-order chi connectivity index (χ0) is 20.4. The third kappa shape index (κ3) is 3.81. The van der Waals surface area contributed by atoms with E-state index in [0.29, 0.717) is 11.4 Å². The van der Waals surface area contributed by atoms with Gasteiger partial charge in [-0.2, -0.15) is 4.98 Å². The summed E-state index contributed by atoms with van der Waals surface area (Å²) in [5.41, 5.74) is 3.03. The smallest absolute Gasteiger partial charge is 0.373 e. The number of rotatable bonds is 5. The molecule has 0 radical (unpaired) electrons. The van der Waals surface area contributed by atoms with Gasteiger partial charge >= 0.3 is 11.6 Å². The maximum Gasteiger partial charge on any atom is 0.373 e. The summed E-state index contributed by atoms with van der Waals surface area (Å²) in [7, 11) is 0. The maximum atomic E-state index is 11.8. The molecule has 0 aliphatic rings. The lowest BCUT2D eigenvalue weighted by molar-refractivity contribution is -0.385. The standard InChI is InChI=1S/C21H17N5O3/c1-13-6-9-15(10-7-13)29-21-19(26(27)28)20(22-12-23-21)25-18-5-3-4-17-16(18)11-8-14(2)24-17/h3-12H,1-2H3,(H,22,23,25). The van der Waals surface area contributed by atoms with Crippen molar-refractivity contribution in [1.29, 1.82) is 0 Å². The van der Waals surface area contributed by atoms with Crippen molar-refractivity contribution >= 4 is 28.1 Å². The normalized spacial score (nSPS) is 10.7. The maximum absolute atomic E-state index is 11.8. The fraction of sp³-hybridized carbons (Fsp3) is 0.0952. The molecule has 8 nitrogen and oxygen atoms in total. The molecule has 0 aliphatic heterocycles. The summed E-state index contributed by atoms with van der Waals surface area (Å²) >= 11 is 0. The lowest BCUT2D eigenvalue weighted by atomic mass is 10.1. The van der Waals surface area contributed by atoms with Crippen LogP contribution in [0.4, 0.5) is 17.2 Å². The van der Waals surface area contributed by atoms with E-state index in [4.69, 9.17) is 4.74 Å². The van der Waals surface area contributed by atoms with Crippen molar-refractivity contribution in [3.8, 4) is 11.6 Å². The van der Waals surface area contributed by atoms with E-state index in [1.54, 1.807) is 12.1 Å². The van der Waals surface area contributed by atoms with Gasteiger partial charge in [0.25, 0.3) is 0 Å². The number of nitrogens with one attached hydrogen (secondary N) is 1. The first-order chi connectivity index (χ1) is 14.0. The molecule has 2 aromatic heterocycles. The minimum atomic E-state index is -0.556. The number of nitro groups is 1. The molecular formula is C21H17N5O3. The van der Waals surface area contributed by atoms with Gasteiger partial charge in [0.1, 0.15) is 12.1 Å². The molecule has 0 spiro atoms. The average Bonchev–Trinajstić information content (AvgIpc) is 2.69. The van der Waals surface area contributed by atoms with Crippen LogP contribution >= 0.6 is 0 Å². The highest BCUT2D eigenvalue weighted by molar-refractivity contribution is 5.93. The van der Waals surface area contributed by atoms with Gasteiger partial charge in [0.15, 0.2) is 0 Å². The Labute approximate surface area is 166 Å². The van der Waals surface area contributed by atoms with Crippen LogP contribution < -0.4 is 10.1 Å². The molecule has 0 unspecified atom stereocenters. The minimum Gasteiger partial charge on any atom is -0.434 e. The van der Waals surface area contributed by atoms with Gasteiger partial charge in [-0.25, -0.2) is 4.98 Å². The monoisotopic (exact) mass is 387 g/mol. The Morgan fingerprint density at radius 3 is 2.55 bits per heavy atom. The summed E-state index contributed by atoms with van der Waals surface area (Å²) in [6.45, 7) is 3.85. The van der Waals surface area contributed by atoms with Crippen LogP contribution in [-0.4, -0.2) is 19.9 Å². The van der Waals surface area contributed by atoms with Gasteiger partial charge in [-0.15, -0.1) is 0 Å². The quantitative estimate of drug-likeness (QED) is 0.376. The van der Waals surface area contributed by atoms with Gasteiger partial charge < -0.3 is 10.1 Å². The summed E-state index contributed by atoms with van der Waals surface area (Å²) in [6.07, 6.45) is 1.23. The SMILES string of the molecule is Cc1ccc(Oc2ncnc(Nc3cccc4nc(C)ccc34)c2[N+](=O)[O-])cc1. The van der Waals surface area contributed by atoms with Crippen molar-refractivity contribution in [3.63, 3.8) is 0 Å². The van der Waals surface area contributed by atoms with E-state index >= 15 is 0 Å². The number of nitrogens with zero attached hydrogens (tertiary/aromatic N) is 4. The Morgan fingerprint density at radius 2 is 1.79 bits per heavy atom. The van der Waals surface area contributed by atoms with Crippen molar-refractivity contribution in [2.24, 2.45) is 0 Å². The predicted octanol–water partition coefficient (Wildman–Crippen LogP) is 5.09. The Morgan fingerprint density at radius 1 is 1.00 bits per heavy atom. The van der Waals surface area contributed by atoms with E-state index in [1.165, 1.54) is 6.33 Å². The van der Waals surface area contributed by atoms with E-state index in [2.05, 4.69) is 20.3 Å². The molecule has 0 aliphatic carbocycles. The molecule has 4 rings (SSSR count). The second-order valence-electron chi connectivity index (χ2n) is 6.50. The van der Waals surface area contributed by atoms with Crippen LogP contribution in [0.3, 0.4) is 0 Å². The second kappa shape index (κ2) is 7.51. The average molecular weight is 387 g/mol. The first-order valence-corrected chi connectivity index (χ1v) is 8.88. The van der Waals surface area contributed by atoms with Crippen molar-refractivity contribution in [3.05, 3.63) is 82.3 Å². The molecule has 144 valence electrons. The molecule has 0 bridgehead atoms. The highest BCUT2D eigenvalue weighted by atomic mass is 16.6. The molecule has 2 heterocycles. The van der Waals surface area contributed by atoms with Gasteiger partial charge in [0.2, 0.25) is 5.82 Å². The van der Waals surface area contributed by atoms with Crippen LogP contribution in [0.25, 0.3) is 10.9 Å². The molecule has 4 aromatic rings. The van der Waals surface area contributed by atoms with E-state index in [1.807, 2.05) is 56.3 Å². The first-order valence-electron chi connectivity index (χ1n) is 8.88. The number of aromatic nitrogens is 3. The van der Waals surface area contributed by atoms with Crippen LogP contribution in [0.1, 0.15) is 11.3 Å². The highest BCUT2D eigenvalue weighted by Crippen LogP contribution is 2.36. The molecule has 0 atom stereocenters. The van der Waals surface area contributed by atoms with Gasteiger partial charge in [-0.1, -0.05) is 23.8 Å². The van der Waals surface area contributed by atoms with Crippen molar-refractivity contribution < 1.29 is 9.66 Å². The number of benzene rings is 2. The van der Waals surface area contributed by atoms with Crippen LogP contribution in [0.15, 0.2) is 60.9 Å². The van der Waals surface area contributed by atoms with Crippen LogP contribution in [0.5, 0.6) is 11.6 Å². The third-order valence-electron chi connectivity index (χ3n) is 4.33. The number of fused-ring (bicyclic) bond motifs is 1. The number of aryl methyl sites for hydroxylation is 2. The Bertz CT molecular complexity index is 1210. The lowest BCUT2D eigenvalue weighted by Crippen LogP contribution is -2.04. The number of anilines is 2. The van der Waals surface area contributed by atoms with E-state index in [9.17, 15) is 10.1 Å². The molecule has 29 heavy (non-hydrogen) atoms. The van der Waals surface area contributed by atoms with Crippen molar-refractivity contribution in [1.82, 2.24) is 15.0 Å². The molecule has 0 saturated heterocycles. The highest BCUT2D eigenvalue weighted by Gasteiger charge is 2.25. The number of hydrogen-bond acceptors (Lipinski definition) is 7. The predicted molar refractivity (Wildman–Crippen MR) is 110 cm³/mol. The van der Waals surface area contributed by atoms with E-state index in [-0.39, 0.29) is 17.4 Å². The molecule has 1 N–H and O–H groups in total. The minimum absolute atomic E-state index is 0.0418. The summed E-state index contributed by atoms with van der Waals surface area (Å²) in [5.74, 6) is 0.360. The first kappa shape index (κ1) is 18.3. The van der Waals surface area contributed by atoms with Crippen molar-refractivity contribution in [2.45, 2.75) is 13.8 Å². The van der Waals surface area contributed by atoms with Crippen LogP contribution in [0, 0.1) is 24.0 Å². The summed E-state index contributed by atoms with van der Waals surface area (Å²) in [4.78, 5) is 23.7. The second-order valence-corrected chi connectivity index (χ2v) is 6.50. The summed E-state index contributed by atoms with van der Waals surface area (Å²) < 4.78 is 5.66. The summed E-state index contributed by atoms with van der Waals surface area (Å²) in [5, 5.41) is 15.6. The zero-order valence-electron chi connectivity index (χ0n) is 15.8. The van der Waals surface area contributed by atoms with Gasteiger partial charge in [0.05, 0.1) is 10.4 Å².